The summed E-state index contributed by atoms with van der Waals surface area (Å²) in [4.78, 5) is 18.0. The molecule has 0 unspecified atom stereocenters. The first-order valence-electron chi connectivity index (χ1n) is 6.87. The lowest BCUT2D eigenvalue weighted by Gasteiger charge is -2.16. The molecular weight excluding hydrogens is 270 g/mol. The van der Waals surface area contributed by atoms with E-state index in [1.165, 1.54) is 19.1 Å². The monoisotopic (exact) mass is 287 g/mol. The van der Waals surface area contributed by atoms with Crippen LogP contribution in [0.3, 0.4) is 0 Å². The minimum absolute atomic E-state index is 0.00979. The highest BCUT2D eigenvalue weighted by atomic mass is 16.5. The molecule has 0 saturated carbocycles. The number of aromatic nitrogens is 2. The highest BCUT2D eigenvalue weighted by Gasteiger charge is 2.39. The number of benzene rings is 1. The van der Waals surface area contributed by atoms with E-state index in [1.54, 1.807) is 0 Å². The molecule has 6 nitrogen and oxygen atoms in total. The van der Waals surface area contributed by atoms with Crippen molar-refractivity contribution in [1.29, 1.82) is 0 Å². The second kappa shape index (κ2) is 6.05. The zero-order chi connectivity index (χ0) is 14.7. The Morgan fingerprint density at radius 2 is 2.10 bits per heavy atom. The number of ether oxygens (including phenoxy) is 1. The van der Waals surface area contributed by atoms with Crippen molar-refractivity contribution in [1.82, 2.24) is 15.0 Å². The molecule has 1 fully saturated rings. The Morgan fingerprint density at radius 1 is 1.33 bits per heavy atom. The van der Waals surface area contributed by atoms with Gasteiger partial charge in [-0.2, -0.15) is 4.98 Å². The lowest BCUT2D eigenvalue weighted by atomic mass is 9.88. The fraction of sp³-hybridized carbons (Fsp3) is 0.400. The Balaban J connectivity index is 1.86. The van der Waals surface area contributed by atoms with Crippen molar-refractivity contribution >= 4 is 5.91 Å². The first kappa shape index (κ1) is 13.8. The van der Waals surface area contributed by atoms with Gasteiger partial charge in [0.05, 0.1) is 0 Å². The topological polar surface area (TPSA) is 68.5 Å². The van der Waals surface area contributed by atoms with Crippen molar-refractivity contribution < 1.29 is 14.1 Å². The van der Waals surface area contributed by atoms with E-state index in [1.807, 2.05) is 23.1 Å². The normalized spacial score (nSPS) is 21.7. The number of carbonyl (C=O) groups is 1. The average Bonchev–Trinajstić information content (AvgIpc) is 3.17. The Kier molecular flexibility index (Phi) is 3.96. The molecule has 1 aliphatic heterocycles. The fourth-order valence-electron chi connectivity index (χ4n) is 2.86. The number of hydrogen-bond acceptors (Lipinski definition) is 5. The zero-order valence-electron chi connectivity index (χ0n) is 11.8. The van der Waals surface area contributed by atoms with Gasteiger partial charge in [-0.05, 0) is 5.56 Å². The Hall–Kier alpha value is -2.21. The van der Waals surface area contributed by atoms with Gasteiger partial charge in [-0.15, -0.1) is 0 Å². The van der Waals surface area contributed by atoms with Crippen LogP contribution in [0.5, 0.6) is 0 Å². The van der Waals surface area contributed by atoms with E-state index in [0.717, 1.165) is 0 Å². The van der Waals surface area contributed by atoms with Gasteiger partial charge in [-0.1, -0.05) is 35.5 Å². The molecule has 1 aromatic carbocycles. The third-order valence-electron chi connectivity index (χ3n) is 3.88. The van der Waals surface area contributed by atoms with Crippen molar-refractivity contribution in [3.05, 3.63) is 48.1 Å². The van der Waals surface area contributed by atoms with E-state index in [2.05, 4.69) is 22.3 Å². The Bertz CT molecular complexity index is 585. The smallest absolute Gasteiger partial charge is 0.248 e. The van der Waals surface area contributed by atoms with Crippen LogP contribution < -0.4 is 0 Å². The van der Waals surface area contributed by atoms with Gasteiger partial charge in [0, 0.05) is 32.0 Å². The minimum atomic E-state index is -0.00979. The van der Waals surface area contributed by atoms with Crippen molar-refractivity contribution in [2.45, 2.75) is 11.8 Å². The molecule has 0 spiro atoms. The maximum atomic E-state index is 12.1. The van der Waals surface area contributed by atoms with Gasteiger partial charge in [0.1, 0.15) is 6.61 Å². The molecule has 2 aromatic rings. The number of hydrogen-bond donors (Lipinski definition) is 0. The third-order valence-corrected chi connectivity index (χ3v) is 3.88. The number of likely N-dealkylation sites (tertiary alicyclic amines) is 1. The van der Waals surface area contributed by atoms with Crippen LogP contribution >= 0.6 is 0 Å². The average molecular weight is 287 g/mol. The van der Waals surface area contributed by atoms with E-state index in [-0.39, 0.29) is 24.3 Å². The van der Waals surface area contributed by atoms with E-state index < -0.39 is 0 Å². The van der Waals surface area contributed by atoms with Crippen LogP contribution in [0, 0.1) is 0 Å². The van der Waals surface area contributed by atoms with Gasteiger partial charge < -0.3 is 14.2 Å². The molecule has 1 amide bonds. The standard InChI is InChI=1S/C15H17N3O3/c1-20-9-14(19)18-7-12(11-5-3-2-4-6-11)13(8-18)15-16-10-21-17-15/h2-6,10,12-13H,7-9H2,1H3/t12-,13-/m1/s1. The van der Waals surface area contributed by atoms with Gasteiger partial charge in [0.25, 0.3) is 0 Å². The van der Waals surface area contributed by atoms with Crippen LogP contribution in [-0.4, -0.2) is 47.8 Å². The summed E-state index contributed by atoms with van der Waals surface area (Å²) in [6, 6.07) is 10.1. The van der Waals surface area contributed by atoms with Crippen molar-refractivity contribution in [2.24, 2.45) is 0 Å². The van der Waals surface area contributed by atoms with Crippen LogP contribution in [0.4, 0.5) is 0 Å². The summed E-state index contributed by atoms with van der Waals surface area (Å²) in [5.74, 6) is 0.859. The number of nitrogens with zero attached hydrogens (tertiary/aromatic N) is 3. The Labute approximate surface area is 122 Å². The molecule has 1 saturated heterocycles. The molecule has 3 rings (SSSR count). The van der Waals surface area contributed by atoms with Gasteiger partial charge in [-0.3, -0.25) is 4.79 Å². The molecule has 2 atom stereocenters. The molecule has 0 bridgehead atoms. The summed E-state index contributed by atoms with van der Waals surface area (Å²) >= 11 is 0. The van der Waals surface area contributed by atoms with Crippen LogP contribution in [0.1, 0.15) is 23.2 Å². The van der Waals surface area contributed by atoms with Gasteiger partial charge in [0.2, 0.25) is 12.3 Å². The number of rotatable bonds is 4. The van der Waals surface area contributed by atoms with Crippen LogP contribution in [0.25, 0.3) is 0 Å². The SMILES string of the molecule is COCC(=O)N1C[C@H](c2ccccc2)[C@H](c2ncon2)C1. The summed E-state index contributed by atoms with van der Waals surface area (Å²) in [6.45, 7) is 1.33. The molecular formula is C15H17N3O3. The summed E-state index contributed by atoms with van der Waals surface area (Å²) in [6.07, 6.45) is 1.33. The van der Waals surface area contributed by atoms with Crippen molar-refractivity contribution in [3.63, 3.8) is 0 Å². The molecule has 21 heavy (non-hydrogen) atoms. The van der Waals surface area contributed by atoms with E-state index in [9.17, 15) is 4.79 Å². The predicted octanol–water partition coefficient (Wildman–Crippen LogP) is 1.43. The summed E-state index contributed by atoms with van der Waals surface area (Å²) in [7, 11) is 1.53. The molecule has 1 aromatic heterocycles. The second-order valence-corrected chi connectivity index (χ2v) is 5.14. The lowest BCUT2D eigenvalue weighted by Crippen LogP contribution is -2.31. The quantitative estimate of drug-likeness (QED) is 0.851. The molecule has 0 N–H and O–H groups in total. The van der Waals surface area contributed by atoms with Gasteiger partial charge in [-0.25, -0.2) is 0 Å². The second-order valence-electron chi connectivity index (χ2n) is 5.14. The predicted molar refractivity (Wildman–Crippen MR) is 74.7 cm³/mol. The molecule has 6 heteroatoms. The van der Waals surface area contributed by atoms with Crippen molar-refractivity contribution in [2.75, 3.05) is 26.8 Å². The maximum Gasteiger partial charge on any atom is 0.248 e. The van der Waals surface area contributed by atoms with Crippen molar-refractivity contribution in [3.8, 4) is 0 Å². The molecule has 2 heterocycles. The molecule has 0 radical (unpaired) electrons. The summed E-state index contributed by atoms with van der Waals surface area (Å²) in [5.41, 5.74) is 1.18. The summed E-state index contributed by atoms with van der Waals surface area (Å²) < 4.78 is 9.81. The molecule has 110 valence electrons. The highest BCUT2D eigenvalue weighted by molar-refractivity contribution is 5.78. The largest absolute Gasteiger partial charge is 0.375 e. The number of carbonyl (C=O) groups excluding carboxylic acids is 1. The Morgan fingerprint density at radius 3 is 2.76 bits per heavy atom. The number of methoxy groups -OCH3 is 1. The summed E-state index contributed by atoms with van der Waals surface area (Å²) in [5, 5.41) is 3.96. The van der Waals surface area contributed by atoms with Crippen LogP contribution in [0.2, 0.25) is 0 Å². The van der Waals surface area contributed by atoms with E-state index in [0.29, 0.717) is 18.9 Å². The first-order chi connectivity index (χ1) is 10.3. The van der Waals surface area contributed by atoms with Gasteiger partial charge >= 0.3 is 0 Å². The van der Waals surface area contributed by atoms with E-state index >= 15 is 0 Å². The first-order valence-corrected chi connectivity index (χ1v) is 6.87. The van der Waals surface area contributed by atoms with Crippen LogP contribution in [0.15, 0.2) is 41.2 Å². The zero-order valence-corrected chi connectivity index (χ0v) is 11.8. The number of amides is 1. The fourth-order valence-corrected chi connectivity index (χ4v) is 2.86. The minimum Gasteiger partial charge on any atom is -0.375 e. The maximum absolute atomic E-state index is 12.1. The molecule has 1 aliphatic rings. The molecule has 0 aliphatic carbocycles. The van der Waals surface area contributed by atoms with E-state index in [4.69, 9.17) is 9.26 Å². The van der Waals surface area contributed by atoms with Crippen LogP contribution in [-0.2, 0) is 9.53 Å². The third kappa shape index (κ3) is 2.80. The highest BCUT2D eigenvalue weighted by Crippen LogP contribution is 2.38. The van der Waals surface area contributed by atoms with Gasteiger partial charge in [0.15, 0.2) is 5.82 Å². The lowest BCUT2D eigenvalue weighted by molar-refractivity contribution is -0.134.